The summed E-state index contributed by atoms with van der Waals surface area (Å²) in [6.07, 6.45) is 0.319. The van der Waals surface area contributed by atoms with Gasteiger partial charge in [-0.25, -0.2) is 9.97 Å². The van der Waals surface area contributed by atoms with Crippen LogP contribution in [0.5, 0.6) is 5.75 Å². The summed E-state index contributed by atoms with van der Waals surface area (Å²) >= 11 is 6.09. The van der Waals surface area contributed by atoms with Crippen LogP contribution in [-0.2, 0) is 4.74 Å². The standard InChI is InChI=1S/C12H18ClN3O2/c1-7-5-16(6-8(2)18-7)12-10(17-4)11(13)14-9(3)15-12/h7-8H,5-6H2,1-4H3/t7-,8+. The molecule has 0 aliphatic carbocycles. The van der Waals surface area contributed by atoms with E-state index in [2.05, 4.69) is 14.9 Å². The van der Waals surface area contributed by atoms with Gasteiger partial charge in [-0.1, -0.05) is 11.6 Å². The van der Waals surface area contributed by atoms with Gasteiger partial charge in [0.15, 0.2) is 16.7 Å². The van der Waals surface area contributed by atoms with Crippen LogP contribution >= 0.6 is 11.6 Å². The first-order valence-electron chi connectivity index (χ1n) is 5.99. The first-order chi connectivity index (χ1) is 8.51. The first-order valence-corrected chi connectivity index (χ1v) is 6.37. The van der Waals surface area contributed by atoms with Crippen LogP contribution in [0.3, 0.4) is 0 Å². The Bertz CT molecular complexity index is 432. The summed E-state index contributed by atoms with van der Waals surface area (Å²) in [7, 11) is 1.58. The number of morpholine rings is 1. The number of aryl methyl sites for hydroxylation is 1. The number of hydrogen-bond acceptors (Lipinski definition) is 5. The van der Waals surface area contributed by atoms with E-state index in [1.54, 1.807) is 7.11 Å². The molecule has 0 N–H and O–H groups in total. The lowest BCUT2D eigenvalue weighted by Crippen LogP contribution is -2.46. The predicted octanol–water partition coefficient (Wildman–Crippen LogP) is 2.06. The highest BCUT2D eigenvalue weighted by Crippen LogP contribution is 2.33. The predicted molar refractivity (Wildman–Crippen MR) is 70.6 cm³/mol. The van der Waals surface area contributed by atoms with Crippen LogP contribution < -0.4 is 9.64 Å². The van der Waals surface area contributed by atoms with Crippen molar-refractivity contribution in [2.75, 3.05) is 25.1 Å². The van der Waals surface area contributed by atoms with Crippen molar-refractivity contribution in [2.24, 2.45) is 0 Å². The molecule has 18 heavy (non-hydrogen) atoms. The Balaban J connectivity index is 2.37. The molecule has 2 rings (SSSR count). The average Bonchev–Trinajstić information content (AvgIpc) is 2.26. The van der Waals surface area contributed by atoms with Gasteiger partial charge in [0.1, 0.15) is 5.82 Å². The van der Waals surface area contributed by atoms with Gasteiger partial charge >= 0.3 is 0 Å². The topological polar surface area (TPSA) is 47.5 Å². The molecule has 0 amide bonds. The normalized spacial score (nSPS) is 24.2. The average molecular weight is 272 g/mol. The minimum absolute atomic E-state index is 0.160. The van der Waals surface area contributed by atoms with E-state index in [0.29, 0.717) is 16.7 Å². The van der Waals surface area contributed by atoms with Gasteiger partial charge in [-0.15, -0.1) is 0 Å². The number of methoxy groups -OCH3 is 1. The highest BCUT2D eigenvalue weighted by atomic mass is 35.5. The molecule has 1 aliphatic rings. The van der Waals surface area contributed by atoms with Gasteiger partial charge in [-0.05, 0) is 20.8 Å². The Hall–Kier alpha value is -1.07. The number of nitrogens with zero attached hydrogens (tertiary/aromatic N) is 3. The third-order valence-corrected chi connectivity index (χ3v) is 3.10. The second-order valence-corrected chi connectivity index (χ2v) is 4.94. The van der Waals surface area contributed by atoms with Gasteiger partial charge in [0.25, 0.3) is 0 Å². The molecule has 1 saturated heterocycles. The van der Waals surface area contributed by atoms with Crippen molar-refractivity contribution in [2.45, 2.75) is 33.0 Å². The Morgan fingerprint density at radius 3 is 2.44 bits per heavy atom. The number of hydrogen-bond donors (Lipinski definition) is 0. The molecule has 1 fully saturated rings. The number of halogens is 1. The molecule has 0 saturated carbocycles. The monoisotopic (exact) mass is 271 g/mol. The van der Waals surface area contributed by atoms with Gasteiger partial charge < -0.3 is 14.4 Å². The molecule has 0 spiro atoms. The lowest BCUT2D eigenvalue weighted by Gasteiger charge is -2.36. The fraction of sp³-hybridized carbons (Fsp3) is 0.667. The quantitative estimate of drug-likeness (QED) is 0.771. The molecule has 0 aromatic carbocycles. The van der Waals surface area contributed by atoms with Crippen LogP contribution in [0.25, 0.3) is 0 Å². The Morgan fingerprint density at radius 2 is 1.89 bits per heavy atom. The minimum atomic E-state index is 0.160. The summed E-state index contributed by atoms with van der Waals surface area (Å²) in [6.45, 7) is 7.46. The maximum Gasteiger partial charge on any atom is 0.199 e. The number of rotatable bonds is 2. The van der Waals surface area contributed by atoms with Crippen LogP contribution in [0, 0.1) is 6.92 Å². The maximum atomic E-state index is 6.09. The van der Waals surface area contributed by atoms with Crippen molar-refractivity contribution in [1.29, 1.82) is 0 Å². The minimum Gasteiger partial charge on any atom is -0.490 e. The van der Waals surface area contributed by atoms with Crippen molar-refractivity contribution in [3.8, 4) is 5.75 Å². The molecule has 1 aliphatic heterocycles. The van der Waals surface area contributed by atoms with E-state index in [9.17, 15) is 0 Å². The fourth-order valence-electron chi connectivity index (χ4n) is 2.25. The molecule has 100 valence electrons. The summed E-state index contributed by atoms with van der Waals surface area (Å²) < 4.78 is 11.0. The van der Waals surface area contributed by atoms with Gasteiger partial charge in [0.05, 0.1) is 19.3 Å². The molecule has 2 atom stereocenters. The van der Waals surface area contributed by atoms with E-state index in [0.717, 1.165) is 18.9 Å². The number of ether oxygens (including phenoxy) is 2. The zero-order valence-corrected chi connectivity index (χ0v) is 11.9. The first kappa shape index (κ1) is 13.4. The summed E-state index contributed by atoms with van der Waals surface area (Å²) in [5.41, 5.74) is 0. The molecule has 0 unspecified atom stereocenters. The zero-order chi connectivity index (χ0) is 13.3. The molecule has 1 aromatic rings. The van der Waals surface area contributed by atoms with Crippen molar-refractivity contribution in [3.63, 3.8) is 0 Å². The largest absolute Gasteiger partial charge is 0.490 e. The summed E-state index contributed by atoms with van der Waals surface area (Å²) in [4.78, 5) is 10.7. The zero-order valence-electron chi connectivity index (χ0n) is 11.1. The number of aromatic nitrogens is 2. The summed E-state index contributed by atoms with van der Waals surface area (Å²) in [6, 6.07) is 0. The SMILES string of the molecule is COc1c(Cl)nc(C)nc1N1C[C@@H](C)O[C@@H](C)C1. The third-order valence-electron chi connectivity index (χ3n) is 2.84. The van der Waals surface area contributed by atoms with Crippen LogP contribution in [0.1, 0.15) is 19.7 Å². The molecule has 5 nitrogen and oxygen atoms in total. The molecule has 1 aromatic heterocycles. The van der Waals surface area contributed by atoms with Crippen LogP contribution in [0.15, 0.2) is 0 Å². The van der Waals surface area contributed by atoms with E-state index in [4.69, 9.17) is 21.1 Å². The Labute approximate surface area is 112 Å². The van der Waals surface area contributed by atoms with Crippen molar-refractivity contribution in [3.05, 3.63) is 11.0 Å². The van der Waals surface area contributed by atoms with E-state index in [1.807, 2.05) is 20.8 Å². The van der Waals surface area contributed by atoms with Gasteiger partial charge in [0, 0.05) is 13.1 Å². The lowest BCUT2D eigenvalue weighted by atomic mass is 10.2. The lowest BCUT2D eigenvalue weighted by molar-refractivity contribution is -0.00559. The van der Waals surface area contributed by atoms with Crippen LogP contribution in [0.2, 0.25) is 5.15 Å². The summed E-state index contributed by atoms with van der Waals surface area (Å²) in [5.74, 6) is 1.92. The van der Waals surface area contributed by atoms with Crippen molar-refractivity contribution >= 4 is 17.4 Å². The van der Waals surface area contributed by atoms with Gasteiger partial charge in [-0.2, -0.15) is 0 Å². The third kappa shape index (κ3) is 2.67. The molecule has 6 heteroatoms. The fourth-order valence-corrected chi connectivity index (χ4v) is 2.54. The second-order valence-electron chi connectivity index (χ2n) is 4.58. The van der Waals surface area contributed by atoms with E-state index in [-0.39, 0.29) is 12.2 Å². The van der Waals surface area contributed by atoms with E-state index in [1.165, 1.54) is 0 Å². The maximum absolute atomic E-state index is 6.09. The molecular weight excluding hydrogens is 254 g/mol. The van der Waals surface area contributed by atoms with Gasteiger partial charge in [-0.3, -0.25) is 0 Å². The smallest absolute Gasteiger partial charge is 0.199 e. The van der Waals surface area contributed by atoms with Crippen molar-refractivity contribution in [1.82, 2.24) is 9.97 Å². The van der Waals surface area contributed by atoms with Crippen molar-refractivity contribution < 1.29 is 9.47 Å². The molecule has 0 bridgehead atoms. The molecule has 2 heterocycles. The highest BCUT2D eigenvalue weighted by molar-refractivity contribution is 6.31. The number of anilines is 1. The van der Waals surface area contributed by atoms with E-state index < -0.39 is 0 Å². The van der Waals surface area contributed by atoms with E-state index >= 15 is 0 Å². The van der Waals surface area contributed by atoms with Crippen LogP contribution in [-0.4, -0.2) is 42.4 Å². The Morgan fingerprint density at radius 1 is 1.28 bits per heavy atom. The summed E-state index contributed by atoms with van der Waals surface area (Å²) in [5, 5.41) is 0.354. The second kappa shape index (κ2) is 5.28. The molecule has 0 radical (unpaired) electrons. The highest BCUT2D eigenvalue weighted by Gasteiger charge is 2.27. The Kier molecular flexibility index (Phi) is 3.92. The van der Waals surface area contributed by atoms with Crippen LogP contribution in [0.4, 0.5) is 5.82 Å². The van der Waals surface area contributed by atoms with Gasteiger partial charge in [0.2, 0.25) is 0 Å². The molecular formula is C12H18ClN3O2.